The minimum atomic E-state index is -4.06. The second kappa shape index (κ2) is 12.2. The van der Waals surface area contributed by atoms with Crippen molar-refractivity contribution in [3.05, 3.63) is 144 Å². The monoisotopic (exact) mass is 605 g/mol. The summed E-state index contributed by atoms with van der Waals surface area (Å²) >= 11 is 0. The van der Waals surface area contributed by atoms with Gasteiger partial charge in [0.15, 0.2) is 13.0 Å². The Morgan fingerprint density at radius 3 is 1.48 bits per heavy atom. The number of hydrogen-bond acceptors (Lipinski definition) is 6. The molecule has 0 unspecified atom stereocenters. The van der Waals surface area contributed by atoms with E-state index in [2.05, 4.69) is 15.0 Å². The average molecular weight is 606 g/mol. The molecule has 1 aromatic heterocycles. The lowest BCUT2D eigenvalue weighted by molar-refractivity contribution is 0.398. The molecule has 9 heteroatoms. The van der Waals surface area contributed by atoms with Crippen molar-refractivity contribution in [3.8, 4) is 34.9 Å². The van der Waals surface area contributed by atoms with Crippen LogP contribution in [0.15, 0.2) is 121 Å². The van der Waals surface area contributed by atoms with E-state index in [0.29, 0.717) is 22.1 Å². The van der Waals surface area contributed by atoms with Crippen LogP contribution >= 0.6 is 7.14 Å². The van der Waals surface area contributed by atoms with Crippen LogP contribution in [0.1, 0.15) is 11.1 Å². The molecule has 0 aliphatic rings. The smallest absolute Gasteiger partial charge is 0.328 e. The highest BCUT2D eigenvalue weighted by atomic mass is 31.2. The van der Waals surface area contributed by atoms with Crippen LogP contribution in [-0.4, -0.2) is 15.0 Å². The van der Waals surface area contributed by atoms with Gasteiger partial charge in [-0.1, -0.05) is 96.1 Å². The van der Waals surface area contributed by atoms with E-state index in [0.717, 1.165) is 17.2 Å². The Bertz CT molecular complexity index is 1860. The van der Waals surface area contributed by atoms with Crippen LogP contribution in [0.2, 0.25) is 0 Å². The van der Waals surface area contributed by atoms with Crippen LogP contribution in [0, 0.1) is 25.5 Å². The Balaban J connectivity index is 1.54. The van der Waals surface area contributed by atoms with Crippen molar-refractivity contribution in [2.24, 2.45) is 0 Å². The summed E-state index contributed by atoms with van der Waals surface area (Å²) in [5.74, 6) is -1.34. The van der Waals surface area contributed by atoms with Gasteiger partial charge < -0.3 is 14.0 Å². The first-order valence-electron chi connectivity index (χ1n) is 13.8. The minimum Gasteiger partial charge on any atom is -0.424 e. The Labute approximate surface area is 253 Å². The van der Waals surface area contributed by atoms with E-state index in [1.165, 1.54) is 6.07 Å². The number of aromatic nitrogens is 3. The lowest BCUT2D eigenvalue weighted by atomic mass is 10.2. The highest BCUT2D eigenvalue weighted by Gasteiger charge is 2.37. The van der Waals surface area contributed by atoms with Gasteiger partial charge in [0.1, 0.15) is 23.1 Å². The Hall–Kier alpha value is -5.20. The summed E-state index contributed by atoms with van der Waals surface area (Å²) in [6.45, 7) is 3.76. The molecular formula is C35H26F2N3O3P. The average Bonchev–Trinajstić information content (AvgIpc) is 3.02. The third-order valence-electron chi connectivity index (χ3n) is 6.92. The molecule has 0 saturated carbocycles. The number of benzene rings is 5. The van der Waals surface area contributed by atoms with Crippen molar-refractivity contribution in [1.82, 2.24) is 15.0 Å². The second-order valence-electron chi connectivity index (χ2n) is 10.1. The van der Waals surface area contributed by atoms with Crippen LogP contribution in [-0.2, 0) is 4.57 Å². The number of aryl methyl sites for hydroxylation is 2. The van der Waals surface area contributed by atoms with E-state index in [1.807, 2.05) is 26.0 Å². The largest absolute Gasteiger partial charge is 0.424 e. The fourth-order valence-electron chi connectivity index (χ4n) is 4.66. The molecule has 0 fully saturated rings. The molecule has 6 rings (SSSR count). The van der Waals surface area contributed by atoms with Gasteiger partial charge in [0, 0.05) is 10.6 Å². The van der Waals surface area contributed by atoms with Crippen molar-refractivity contribution in [2.75, 3.05) is 0 Å². The van der Waals surface area contributed by atoms with Gasteiger partial charge in [0.25, 0.3) is 0 Å². The number of rotatable bonds is 8. The van der Waals surface area contributed by atoms with E-state index in [1.54, 1.807) is 97.1 Å². The Morgan fingerprint density at radius 1 is 0.568 bits per heavy atom. The lowest BCUT2D eigenvalue weighted by Gasteiger charge is -2.22. The molecule has 0 aliphatic heterocycles. The van der Waals surface area contributed by atoms with E-state index in [-0.39, 0.29) is 23.4 Å². The minimum absolute atomic E-state index is 0.169. The number of nitrogens with zero attached hydrogens (tertiary/aromatic N) is 3. The summed E-state index contributed by atoms with van der Waals surface area (Å²) in [4.78, 5) is 13.0. The van der Waals surface area contributed by atoms with Crippen molar-refractivity contribution in [3.63, 3.8) is 0 Å². The first-order chi connectivity index (χ1) is 21.3. The predicted octanol–water partition coefficient (Wildman–Crippen LogP) is 7.66. The van der Waals surface area contributed by atoms with Crippen LogP contribution in [0.25, 0.3) is 11.4 Å². The summed E-state index contributed by atoms with van der Waals surface area (Å²) in [6, 6.07) is 33.1. The number of para-hydroxylation sites is 2. The van der Waals surface area contributed by atoms with E-state index >= 15 is 13.3 Å². The molecule has 218 valence electrons. The standard InChI is InChI=1S/C35H26F2N3O3P/c1-23-13-17-27(18-14-23)44(41,28-19-15-24(2)16-20-28)32-30(36)22-21-29(31(32)37)33-38-34(42-25-9-5-3-6-10-25)40-35(39-33)43-26-11-7-4-8-12-26/h3-22H,1-2H3. The zero-order chi connectivity index (χ0) is 30.7. The maximum atomic E-state index is 16.8. The number of ether oxygens (including phenoxy) is 2. The molecule has 0 N–H and O–H groups in total. The molecule has 0 aliphatic carbocycles. The molecule has 0 bridgehead atoms. The van der Waals surface area contributed by atoms with Gasteiger partial charge in [-0.15, -0.1) is 4.98 Å². The zero-order valence-corrected chi connectivity index (χ0v) is 24.7. The normalized spacial score (nSPS) is 11.3. The van der Waals surface area contributed by atoms with E-state index < -0.39 is 24.1 Å². The van der Waals surface area contributed by atoms with Crippen molar-refractivity contribution in [1.29, 1.82) is 0 Å². The molecule has 0 amide bonds. The fourth-order valence-corrected chi connectivity index (χ4v) is 7.38. The highest BCUT2D eigenvalue weighted by Crippen LogP contribution is 2.45. The van der Waals surface area contributed by atoms with Crippen molar-refractivity contribution in [2.45, 2.75) is 13.8 Å². The third-order valence-corrected chi connectivity index (χ3v) is 10.0. The Kier molecular flexibility index (Phi) is 8.01. The molecule has 0 saturated heterocycles. The maximum absolute atomic E-state index is 16.8. The highest BCUT2D eigenvalue weighted by molar-refractivity contribution is 7.85. The van der Waals surface area contributed by atoms with Gasteiger partial charge in [-0.05, 0) is 50.2 Å². The molecule has 5 aromatic carbocycles. The topological polar surface area (TPSA) is 74.2 Å². The number of hydrogen-bond donors (Lipinski definition) is 0. The van der Waals surface area contributed by atoms with Crippen LogP contribution in [0.5, 0.6) is 23.5 Å². The summed E-state index contributed by atoms with van der Waals surface area (Å²) in [6.07, 6.45) is 0. The zero-order valence-electron chi connectivity index (χ0n) is 23.8. The summed E-state index contributed by atoms with van der Waals surface area (Å²) < 4.78 is 59.4. The first-order valence-corrected chi connectivity index (χ1v) is 15.5. The van der Waals surface area contributed by atoms with E-state index in [9.17, 15) is 0 Å². The van der Waals surface area contributed by atoms with Crippen LogP contribution in [0.4, 0.5) is 8.78 Å². The second-order valence-corrected chi connectivity index (χ2v) is 12.8. The quantitative estimate of drug-likeness (QED) is 0.166. The maximum Gasteiger partial charge on any atom is 0.328 e. The molecule has 44 heavy (non-hydrogen) atoms. The molecular weight excluding hydrogens is 579 g/mol. The summed E-state index contributed by atoms with van der Waals surface area (Å²) in [7, 11) is -4.06. The summed E-state index contributed by atoms with van der Waals surface area (Å²) in [5, 5.41) is 0.0108. The van der Waals surface area contributed by atoms with Crippen LogP contribution in [0.3, 0.4) is 0 Å². The molecule has 6 aromatic rings. The Morgan fingerprint density at radius 2 is 1.02 bits per heavy atom. The van der Waals surface area contributed by atoms with Gasteiger partial charge in [-0.25, -0.2) is 8.78 Å². The van der Waals surface area contributed by atoms with Crippen molar-refractivity contribution >= 4 is 23.1 Å². The molecule has 0 spiro atoms. The summed E-state index contributed by atoms with van der Waals surface area (Å²) in [5.41, 5.74) is 1.64. The predicted molar refractivity (Wildman–Crippen MR) is 167 cm³/mol. The molecule has 0 atom stereocenters. The first kappa shape index (κ1) is 28.9. The van der Waals surface area contributed by atoms with Gasteiger partial charge in [-0.3, -0.25) is 0 Å². The van der Waals surface area contributed by atoms with Gasteiger partial charge in [-0.2, -0.15) is 9.97 Å². The van der Waals surface area contributed by atoms with Crippen molar-refractivity contribution < 1.29 is 22.8 Å². The van der Waals surface area contributed by atoms with Crippen LogP contribution < -0.4 is 25.4 Å². The van der Waals surface area contributed by atoms with E-state index in [4.69, 9.17) is 9.47 Å². The lowest BCUT2D eigenvalue weighted by Crippen LogP contribution is -2.30. The van der Waals surface area contributed by atoms with Gasteiger partial charge in [0.05, 0.1) is 10.9 Å². The van der Waals surface area contributed by atoms with Gasteiger partial charge in [0.2, 0.25) is 0 Å². The van der Waals surface area contributed by atoms with Gasteiger partial charge >= 0.3 is 12.0 Å². The fraction of sp³-hybridized carbons (Fsp3) is 0.0571. The third kappa shape index (κ3) is 5.85. The SMILES string of the molecule is Cc1ccc(P(=O)(c2ccc(C)cc2)c2c(F)ccc(-c3nc(Oc4ccccc4)nc(Oc4ccccc4)n3)c2F)cc1. The molecule has 0 radical (unpaired) electrons. The number of halogens is 2. The molecule has 1 heterocycles. The molecule has 6 nitrogen and oxygen atoms in total.